The number of nitrogens with zero attached hydrogens (tertiary/aromatic N) is 1. The molecule has 32 heavy (non-hydrogen) atoms. The molecule has 2 aromatic carbocycles. The summed E-state index contributed by atoms with van der Waals surface area (Å²) >= 11 is 25.7. The van der Waals surface area contributed by atoms with Crippen molar-refractivity contribution < 1.29 is 9.59 Å². The van der Waals surface area contributed by atoms with E-state index in [1.807, 2.05) is 26.0 Å². The summed E-state index contributed by atoms with van der Waals surface area (Å²) in [6.45, 7) is 4.71. The highest BCUT2D eigenvalue weighted by Gasteiger charge is 2.28. The van der Waals surface area contributed by atoms with Gasteiger partial charge in [0.15, 0.2) is 0 Å². The zero-order chi connectivity index (χ0) is 23.7. The maximum absolute atomic E-state index is 13.2. The Morgan fingerprint density at radius 3 is 2.09 bits per heavy atom. The average molecular weight is 536 g/mol. The van der Waals surface area contributed by atoms with Crippen molar-refractivity contribution in [3.63, 3.8) is 0 Å². The smallest absolute Gasteiger partial charge is 0.242 e. The molecule has 0 bridgehead atoms. The van der Waals surface area contributed by atoms with Gasteiger partial charge in [0.2, 0.25) is 11.8 Å². The molecule has 0 aliphatic heterocycles. The van der Waals surface area contributed by atoms with Crippen LogP contribution in [-0.2, 0) is 21.9 Å². The second kappa shape index (κ2) is 13.6. The number of benzene rings is 2. The van der Waals surface area contributed by atoms with E-state index >= 15 is 0 Å². The third kappa shape index (κ3) is 8.03. The van der Waals surface area contributed by atoms with Crippen molar-refractivity contribution in [2.45, 2.75) is 45.0 Å². The molecule has 0 saturated heterocycles. The van der Waals surface area contributed by atoms with E-state index in [1.165, 1.54) is 11.8 Å². The Hall–Kier alpha value is -1.11. The lowest BCUT2D eigenvalue weighted by Crippen LogP contribution is -2.49. The van der Waals surface area contributed by atoms with Gasteiger partial charge in [0.05, 0.1) is 25.8 Å². The summed E-state index contributed by atoms with van der Waals surface area (Å²) in [4.78, 5) is 27.6. The van der Waals surface area contributed by atoms with Crippen molar-refractivity contribution in [1.82, 2.24) is 10.2 Å². The second-order valence-electron chi connectivity index (χ2n) is 7.23. The Balaban J connectivity index is 2.15. The molecular formula is C23H26Cl4N2O2S. The molecule has 0 heterocycles. The summed E-state index contributed by atoms with van der Waals surface area (Å²) in [6.07, 6.45) is 1.32. The summed E-state index contributed by atoms with van der Waals surface area (Å²) in [6, 6.07) is 10.1. The SMILES string of the molecule is CCCNC(=O)[C@H](CC)N(Cc1ccc(Cl)c(Cl)c1)C(=O)CSCc1ccc(Cl)c(Cl)c1. The molecule has 2 rings (SSSR count). The van der Waals surface area contributed by atoms with Crippen molar-refractivity contribution in [2.24, 2.45) is 0 Å². The third-order valence-electron chi connectivity index (χ3n) is 4.75. The molecule has 0 unspecified atom stereocenters. The van der Waals surface area contributed by atoms with Gasteiger partial charge >= 0.3 is 0 Å². The van der Waals surface area contributed by atoms with Crippen LogP contribution in [0.15, 0.2) is 36.4 Å². The van der Waals surface area contributed by atoms with Crippen LogP contribution in [0.1, 0.15) is 37.8 Å². The highest BCUT2D eigenvalue weighted by Crippen LogP contribution is 2.26. The minimum Gasteiger partial charge on any atom is -0.354 e. The van der Waals surface area contributed by atoms with Gasteiger partial charge in [0.25, 0.3) is 0 Å². The molecule has 2 aromatic rings. The second-order valence-corrected chi connectivity index (χ2v) is 9.84. The van der Waals surface area contributed by atoms with Crippen molar-refractivity contribution in [3.8, 4) is 0 Å². The lowest BCUT2D eigenvalue weighted by molar-refractivity contribution is -0.139. The van der Waals surface area contributed by atoms with Gasteiger partial charge in [-0.2, -0.15) is 0 Å². The van der Waals surface area contributed by atoms with Crippen LogP contribution in [0, 0.1) is 0 Å². The Morgan fingerprint density at radius 1 is 0.938 bits per heavy atom. The van der Waals surface area contributed by atoms with Gasteiger partial charge < -0.3 is 10.2 Å². The molecule has 1 N–H and O–H groups in total. The fourth-order valence-corrected chi connectivity index (χ4v) is 4.59. The number of thioether (sulfide) groups is 1. The van der Waals surface area contributed by atoms with E-state index in [4.69, 9.17) is 46.4 Å². The number of rotatable bonds is 11. The Kier molecular flexibility index (Phi) is 11.5. The van der Waals surface area contributed by atoms with Crippen LogP contribution in [-0.4, -0.2) is 35.1 Å². The largest absolute Gasteiger partial charge is 0.354 e. The molecule has 9 heteroatoms. The fraction of sp³-hybridized carbons (Fsp3) is 0.391. The van der Waals surface area contributed by atoms with Gasteiger partial charge in [-0.3, -0.25) is 9.59 Å². The van der Waals surface area contributed by atoms with Gasteiger partial charge in [-0.25, -0.2) is 0 Å². The number of hydrogen-bond donors (Lipinski definition) is 1. The molecule has 2 amide bonds. The van der Waals surface area contributed by atoms with Gasteiger partial charge in [0, 0.05) is 18.8 Å². The van der Waals surface area contributed by atoms with Gasteiger partial charge in [0.1, 0.15) is 6.04 Å². The van der Waals surface area contributed by atoms with Gasteiger partial charge in [-0.05, 0) is 48.2 Å². The predicted octanol–water partition coefficient (Wildman–Crippen LogP) is 6.87. The average Bonchev–Trinajstić information content (AvgIpc) is 2.76. The summed E-state index contributed by atoms with van der Waals surface area (Å²) in [5.41, 5.74) is 1.78. The first-order valence-corrected chi connectivity index (χ1v) is 13.0. The third-order valence-corrected chi connectivity index (χ3v) is 7.22. The molecule has 4 nitrogen and oxygen atoms in total. The van der Waals surface area contributed by atoms with E-state index in [1.54, 1.807) is 29.2 Å². The molecule has 0 aliphatic rings. The molecule has 0 saturated carbocycles. The van der Waals surface area contributed by atoms with Crippen molar-refractivity contribution in [2.75, 3.05) is 12.3 Å². The zero-order valence-corrected chi connectivity index (χ0v) is 21.8. The van der Waals surface area contributed by atoms with Crippen LogP contribution in [0.25, 0.3) is 0 Å². The molecule has 0 radical (unpaired) electrons. The molecule has 0 fully saturated rings. The molecule has 1 atom stereocenters. The highest BCUT2D eigenvalue weighted by molar-refractivity contribution is 7.99. The number of hydrogen-bond acceptors (Lipinski definition) is 3. The van der Waals surface area contributed by atoms with Crippen LogP contribution in [0.3, 0.4) is 0 Å². The lowest BCUT2D eigenvalue weighted by Gasteiger charge is -2.30. The Morgan fingerprint density at radius 2 is 1.53 bits per heavy atom. The quantitative estimate of drug-likeness (QED) is 0.341. The van der Waals surface area contributed by atoms with E-state index in [2.05, 4.69) is 5.32 Å². The Labute approximate surface area is 213 Å². The predicted molar refractivity (Wildman–Crippen MR) is 137 cm³/mol. The topological polar surface area (TPSA) is 49.4 Å². The molecule has 0 spiro atoms. The number of halogens is 4. The number of nitrogens with one attached hydrogen (secondary N) is 1. The fourth-order valence-electron chi connectivity index (χ4n) is 3.09. The summed E-state index contributed by atoms with van der Waals surface area (Å²) in [5, 5.41) is 4.73. The van der Waals surface area contributed by atoms with Gasteiger partial charge in [-0.1, -0.05) is 72.4 Å². The molecule has 0 aromatic heterocycles. The van der Waals surface area contributed by atoms with Crippen LogP contribution < -0.4 is 5.32 Å². The first-order valence-electron chi connectivity index (χ1n) is 10.3. The lowest BCUT2D eigenvalue weighted by atomic mass is 10.1. The van der Waals surface area contributed by atoms with E-state index in [0.717, 1.165) is 17.5 Å². The van der Waals surface area contributed by atoms with E-state index in [9.17, 15) is 9.59 Å². The normalized spacial score (nSPS) is 11.8. The first-order chi connectivity index (χ1) is 15.3. The number of amides is 2. The van der Waals surface area contributed by atoms with E-state index < -0.39 is 6.04 Å². The first kappa shape index (κ1) is 27.1. The number of carbonyl (C=O) groups excluding carboxylic acids is 2. The molecule has 174 valence electrons. The summed E-state index contributed by atoms with van der Waals surface area (Å²) in [5.74, 6) is 0.540. The minimum atomic E-state index is -0.575. The van der Waals surface area contributed by atoms with E-state index in [0.29, 0.717) is 38.8 Å². The summed E-state index contributed by atoms with van der Waals surface area (Å²) < 4.78 is 0. The monoisotopic (exact) mass is 534 g/mol. The molecular weight excluding hydrogens is 510 g/mol. The minimum absolute atomic E-state index is 0.125. The van der Waals surface area contributed by atoms with Crippen LogP contribution in [0.2, 0.25) is 20.1 Å². The van der Waals surface area contributed by atoms with Crippen molar-refractivity contribution in [3.05, 3.63) is 67.6 Å². The summed E-state index contributed by atoms with van der Waals surface area (Å²) in [7, 11) is 0. The maximum Gasteiger partial charge on any atom is 0.242 e. The van der Waals surface area contributed by atoms with Crippen molar-refractivity contribution in [1.29, 1.82) is 0 Å². The maximum atomic E-state index is 13.2. The number of carbonyl (C=O) groups is 2. The van der Waals surface area contributed by atoms with Crippen LogP contribution >= 0.6 is 58.2 Å². The molecule has 0 aliphatic carbocycles. The highest BCUT2D eigenvalue weighted by atomic mass is 35.5. The van der Waals surface area contributed by atoms with Gasteiger partial charge in [-0.15, -0.1) is 11.8 Å². The Bertz CT molecular complexity index is 942. The van der Waals surface area contributed by atoms with Crippen LogP contribution in [0.4, 0.5) is 0 Å². The van der Waals surface area contributed by atoms with Crippen LogP contribution in [0.5, 0.6) is 0 Å². The van der Waals surface area contributed by atoms with Crippen molar-refractivity contribution >= 4 is 70.0 Å². The van der Waals surface area contributed by atoms with E-state index in [-0.39, 0.29) is 24.1 Å². The zero-order valence-electron chi connectivity index (χ0n) is 18.0. The standard InChI is InChI=1S/C23H26Cl4N2O2S/c1-3-9-28-23(31)21(4-2)29(12-15-5-7-17(24)19(26)10-15)22(30)14-32-13-16-6-8-18(25)20(27)11-16/h5-8,10-11,21H,3-4,9,12-14H2,1-2H3,(H,28,31)/t21-/m0/s1.